The molecule has 196 valence electrons. The predicted molar refractivity (Wildman–Crippen MR) is 150 cm³/mol. The highest BCUT2D eigenvalue weighted by molar-refractivity contribution is 8.26. The topological polar surface area (TPSA) is 68.3 Å². The van der Waals surface area contributed by atoms with Gasteiger partial charge < -0.3 is 19.1 Å². The number of likely N-dealkylation sites (tertiary alicyclic amines) is 1. The number of carbonyl (C=O) groups excluding carboxylic acids is 2. The number of rotatable bonds is 9. The van der Waals surface area contributed by atoms with Crippen molar-refractivity contribution in [3.8, 4) is 17.2 Å². The van der Waals surface area contributed by atoms with Crippen molar-refractivity contribution >= 4 is 46.2 Å². The number of ether oxygens (including phenoxy) is 3. The molecule has 2 aliphatic rings. The maximum Gasteiger partial charge on any atom is 0.266 e. The van der Waals surface area contributed by atoms with Crippen molar-refractivity contribution in [3.05, 3.63) is 58.5 Å². The SMILES string of the molecule is COc1cc(/C=C2/SC(=S)N(CCC(=O)N3CCC(Cc4ccccc4)CC3)C2=O)cc(OC)c1OC. The Morgan fingerprint density at radius 3 is 2.30 bits per heavy atom. The van der Waals surface area contributed by atoms with Crippen LogP contribution < -0.4 is 14.2 Å². The Bertz CT molecular complexity index is 1150. The van der Waals surface area contributed by atoms with Crippen LogP contribution in [-0.2, 0) is 16.0 Å². The van der Waals surface area contributed by atoms with Crippen LogP contribution in [0.1, 0.15) is 30.4 Å². The number of methoxy groups -OCH3 is 3. The highest BCUT2D eigenvalue weighted by atomic mass is 32.2. The predicted octanol–water partition coefficient (Wildman–Crippen LogP) is 4.79. The molecule has 2 heterocycles. The van der Waals surface area contributed by atoms with Crippen LogP contribution in [0.15, 0.2) is 47.4 Å². The van der Waals surface area contributed by atoms with Crippen LogP contribution in [0, 0.1) is 5.92 Å². The molecule has 0 N–H and O–H groups in total. The largest absolute Gasteiger partial charge is 0.493 e. The summed E-state index contributed by atoms with van der Waals surface area (Å²) >= 11 is 6.70. The Hall–Kier alpha value is -3.04. The van der Waals surface area contributed by atoms with E-state index in [2.05, 4.69) is 24.3 Å². The molecule has 0 saturated carbocycles. The summed E-state index contributed by atoms with van der Waals surface area (Å²) in [6, 6.07) is 14.1. The normalized spacial score (nSPS) is 17.4. The number of hydrogen-bond donors (Lipinski definition) is 0. The summed E-state index contributed by atoms with van der Waals surface area (Å²) in [7, 11) is 4.63. The van der Waals surface area contributed by atoms with Crippen LogP contribution in [-0.4, -0.2) is 66.9 Å². The van der Waals surface area contributed by atoms with Gasteiger partial charge in [0.1, 0.15) is 4.32 Å². The Morgan fingerprint density at radius 2 is 1.70 bits per heavy atom. The average Bonchev–Trinajstić information content (AvgIpc) is 3.19. The molecule has 9 heteroatoms. The second kappa shape index (κ2) is 12.5. The Balaban J connectivity index is 1.33. The molecule has 2 aliphatic heterocycles. The van der Waals surface area contributed by atoms with Crippen molar-refractivity contribution in [2.24, 2.45) is 5.92 Å². The minimum absolute atomic E-state index is 0.0702. The van der Waals surface area contributed by atoms with E-state index in [0.29, 0.717) is 32.4 Å². The maximum absolute atomic E-state index is 13.1. The molecule has 2 saturated heterocycles. The second-order valence-corrected chi connectivity index (χ2v) is 10.7. The first-order valence-corrected chi connectivity index (χ1v) is 13.5. The van der Waals surface area contributed by atoms with Crippen LogP contribution in [0.3, 0.4) is 0 Å². The smallest absolute Gasteiger partial charge is 0.266 e. The molecule has 0 aliphatic carbocycles. The number of hydrogen-bond acceptors (Lipinski definition) is 7. The lowest BCUT2D eigenvalue weighted by Crippen LogP contribution is -2.41. The minimum atomic E-state index is -0.196. The van der Waals surface area contributed by atoms with Gasteiger partial charge in [-0.25, -0.2) is 0 Å². The van der Waals surface area contributed by atoms with Gasteiger partial charge in [0, 0.05) is 26.1 Å². The maximum atomic E-state index is 13.1. The van der Waals surface area contributed by atoms with E-state index >= 15 is 0 Å². The summed E-state index contributed by atoms with van der Waals surface area (Å²) < 4.78 is 16.6. The fourth-order valence-electron chi connectivity index (χ4n) is 4.73. The molecule has 37 heavy (non-hydrogen) atoms. The molecule has 4 rings (SSSR count). The molecule has 2 fully saturated rings. The minimum Gasteiger partial charge on any atom is -0.493 e. The number of carbonyl (C=O) groups is 2. The zero-order valence-electron chi connectivity index (χ0n) is 21.4. The number of thioether (sulfide) groups is 1. The number of nitrogens with zero attached hydrogens (tertiary/aromatic N) is 2. The van der Waals surface area contributed by atoms with Crippen molar-refractivity contribution in [2.45, 2.75) is 25.7 Å². The Labute approximate surface area is 227 Å². The average molecular weight is 541 g/mol. The number of piperidine rings is 1. The Morgan fingerprint density at radius 1 is 1.05 bits per heavy atom. The molecular formula is C28H32N2O5S2. The van der Waals surface area contributed by atoms with E-state index in [9.17, 15) is 9.59 Å². The van der Waals surface area contributed by atoms with Gasteiger partial charge >= 0.3 is 0 Å². The second-order valence-electron chi connectivity index (χ2n) is 9.06. The fourth-order valence-corrected chi connectivity index (χ4v) is 6.04. The van der Waals surface area contributed by atoms with Gasteiger partial charge in [-0.15, -0.1) is 0 Å². The third-order valence-electron chi connectivity index (χ3n) is 6.74. The van der Waals surface area contributed by atoms with Crippen molar-refractivity contribution < 1.29 is 23.8 Å². The van der Waals surface area contributed by atoms with Crippen LogP contribution in [0.5, 0.6) is 17.2 Å². The monoisotopic (exact) mass is 540 g/mol. The van der Waals surface area contributed by atoms with E-state index in [1.54, 1.807) is 39.5 Å². The first kappa shape index (κ1) is 27.0. The highest BCUT2D eigenvalue weighted by Crippen LogP contribution is 2.40. The van der Waals surface area contributed by atoms with Gasteiger partial charge in [-0.2, -0.15) is 0 Å². The number of amides is 2. The van der Waals surface area contributed by atoms with Crippen molar-refractivity contribution in [3.63, 3.8) is 0 Å². The quantitative estimate of drug-likeness (QED) is 0.335. The first-order valence-electron chi connectivity index (χ1n) is 12.3. The fraction of sp³-hybridized carbons (Fsp3) is 0.393. The van der Waals surface area contributed by atoms with E-state index in [-0.39, 0.29) is 24.8 Å². The van der Waals surface area contributed by atoms with Gasteiger partial charge in [0.2, 0.25) is 11.7 Å². The standard InChI is InChI=1S/C28H32N2O5S2/c1-33-22-16-21(17-23(34-2)26(22)35-3)18-24-27(32)30(28(36)37-24)14-11-25(31)29-12-9-20(10-13-29)15-19-7-5-4-6-8-19/h4-8,16-18,20H,9-15H2,1-3H3/b24-18+. The molecule has 2 amide bonds. The summed E-state index contributed by atoms with van der Waals surface area (Å²) in [6.45, 7) is 1.80. The summed E-state index contributed by atoms with van der Waals surface area (Å²) in [4.78, 5) is 29.9. The summed E-state index contributed by atoms with van der Waals surface area (Å²) in [6.07, 6.45) is 5.06. The van der Waals surface area contributed by atoms with Gasteiger partial charge in [-0.05, 0) is 54.5 Å². The van der Waals surface area contributed by atoms with Gasteiger partial charge in [-0.3, -0.25) is 14.5 Å². The van der Waals surface area contributed by atoms with Crippen LogP contribution in [0.25, 0.3) is 6.08 Å². The van der Waals surface area contributed by atoms with Crippen LogP contribution in [0.4, 0.5) is 0 Å². The summed E-state index contributed by atoms with van der Waals surface area (Å²) in [5, 5.41) is 0. The molecule has 2 aromatic rings. The van der Waals surface area contributed by atoms with E-state index in [4.69, 9.17) is 26.4 Å². The highest BCUT2D eigenvalue weighted by Gasteiger charge is 2.33. The van der Waals surface area contributed by atoms with Gasteiger partial charge in [0.25, 0.3) is 5.91 Å². The van der Waals surface area contributed by atoms with E-state index in [1.165, 1.54) is 22.2 Å². The molecule has 0 atom stereocenters. The van der Waals surface area contributed by atoms with Gasteiger partial charge in [0.15, 0.2) is 11.5 Å². The lowest BCUT2D eigenvalue weighted by Gasteiger charge is -2.32. The molecule has 0 radical (unpaired) electrons. The zero-order chi connectivity index (χ0) is 26.4. The van der Waals surface area contributed by atoms with E-state index in [0.717, 1.165) is 37.9 Å². The Kier molecular flexibility index (Phi) is 9.10. The molecular weight excluding hydrogens is 508 g/mol. The zero-order valence-corrected chi connectivity index (χ0v) is 23.0. The van der Waals surface area contributed by atoms with Crippen LogP contribution in [0.2, 0.25) is 0 Å². The molecule has 0 unspecified atom stereocenters. The lowest BCUT2D eigenvalue weighted by atomic mass is 9.90. The molecule has 0 aromatic heterocycles. The van der Waals surface area contributed by atoms with Gasteiger partial charge in [-0.1, -0.05) is 54.3 Å². The molecule has 0 bridgehead atoms. The van der Waals surface area contributed by atoms with Crippen molar-refractivity contribution in [2.75, 3.05) is 41.0 Å². The van der Waals surface area contributed by atoms with Crippen LogP contribution >= 0.6 is 24.0 Å². The van der Waals surface area contributed by atoms with Crippen molar-refractivity contribution in [1.82, 2.24) is 9.80 Å². The lowest BCUT2D eigenvalue weighted by molar-refractivity contribution is -0.133. The molecule has 0 spiro atoms. The van der Waals surface area contributed by atoms with Crippen molar-refractivity contribution in [1.29, 1.82) is 0 Å². The summed E-state index contributed by atoms with van der Waals surface area (Å²) in [5.41, 5.74) is 2.07. The van der Waals surface area contributed by atoms with Gasteiger partial charge in [0.05, 0.1) is 26.2 Å². The number of benzene rings is 2. The number of thiocarbonyl (C=S) groups is 1. The molecule has 7 nitrogen and oxygen atoms in total. The molecule has 2 aromatic carbocycles. The van der Waals surface area contributed by atoms with E-state index in [1.807, 2.05) is 11.0 Å². The van der Waals surface area contributed by atoms with E-state index < -0.39 is 0 Å². The summed E-state index contributed by atoms with van der Waals surface area (Å²) in [5.74, 6) is 1.96. The third kappa shape index (κ3) is 6.45. The first-order chi connectivity index (χ1) is 17.9. The third-order valence-corrected chi connectivity index (χ3v) is 8.12.